The van der Waals surface area contributed by atoms with Crippen LogP contribution in [0.4, 0.5) is 13.2 Å². The normalized spacial score (nSPS) is 9.92. The fourth-order valence-electron chi connectivity index (χ4n) is 0.606. The Labute approximate surface area is 163 Å². The van der Waals surface area contributed by atoms with E-state index in [2.05, 4.69) is 0 Å². The van der Waals surface area contributed by atoms with Crippen molar-refractivity contribution in [1.29, 1.82) is 0 Å². The largest absolute Gasteiger partial charge is 1.00 e. The average molecular weight is 375 g/mol. The molecule has 0 atom stereocenters. The Morgan fingerprint density at radius 2 is 1.04 bits per heavy atom. The second-order valence-electron chi connectivity index (χ2n) is 3.11. The van der Waals surface area contributed by atoms with Gasteiger partial charge in [-0.3, -0.25) is 0 Å². The molecule has 0 aliphatic rings. The molecule has 0 amide bonds. The number of halogens is 3. The van der Waals surface area contributed by atoms with Gasteiger partial charge in [-0.1, -0.05) is 0 Å². The van der Waals surface area contributed by atoms with Crippen LogP contribution in [0.25, 0.3) is 0 Å². The topological polar surface area (TPSA) is 154 Å². The first-order valence-corrected chi connectivity index (χ1v) is 6.73. The fourth-order valence-corrected chi connectivity index (χ4v) is 0.606. The molecule has 0 heterocycles. The minimum Gasteiger partial charge on any atom is -0.870 e. The molecule has 0 fully saturated rings. The SMILES string of the molecule is COCCOCCOCCOC.O=S(=O)([O-])C(F)(F)F.[Li+].[Li].[OH-].[OH-]. The molecule has 0 spiro atoms. The summed E-state index contributed by atoms with van der Waals surface area (Å²) >= 11 is 0. The van der Waals surface area contributed by atoms with E-state index in [4.69, 9.17) is 31.9 Å². The van der Waals surface area contributed by atoms with Crippen molar-refractivity contribution in [2.45, 2.75) is 5.51 Å². The molecule has 141 valence electrons. The predicted octanol–water partition coefficient (Wildman–Crippen LogP) is -3.37. The van der Waals surface area contributed by atoms with E-state index in [0.29, 0.717) is 39.6 Å². The van der Waals surface area contributed by atoms with Crippen molar-refractivity contribution in [3.05, 3.63) is 0 Å². The van der Waals surface area contributed by atoms with Crippen LogP contribution in [-0.4, -0.2) is 102 Å². The molecular formula is C9H20F3Li2O9S-2. The number of ether oxygens (including phenoxy) is 4. The summed E-state index contributed by atoms with van der Waals surface area (Å²) in [4.78, 5) is 0. The molecule has 1 radical (unpaired) electrons. The first kappa shape index (κ1) is 39.6. The van der Waals surface area contributed by atoms with E-state index in [1.165, 1.54) is 0 Å². The van der Waals surface area contributed by atoms with Gasteiger partial charge in [-0.05, 0) is 0 Å². The van der Waals surface area contributed by atoms with Gasteiger partial charge in [0.2, 0.25) is 0 Å². The molecule has 15 heteroatoms. The summed E-state index contributed by atoms with van der Waals surface area (Å²) in [7, 11) is -2.79. The maximum absolute atomic E-state index is 10.7. The van der Waals surface area contributed by atoms with Gasteiger partial charge in [0.1, 0.15) is 0 Å². The number of alkyl halides is 3. The molecule has 9 nitrogen and oxygen atoms in total. The second-order valence-corrected chi connectivity index (χ2v) is 4.48. The molecule has 0 saturated heterocycles. The maximum Gasteiger partial charge on any atom is 1.00 e. The Bertz CT molecular complexity index is 308. The maximum atomic E-state index is 10.7. The Balaban J connectivity index is -0.0000000609. The monoisotopic (exact) mass is 375 g/mol. The number of hydrogen-bond acceptors (Lipinski definition) is 9. The molecule has 0 aromatic heterocycles. The van der Waals surface area contributed by atoms with E-state index in [0.717, 1.165) is 0 Å². The van der Waals surface area contributed by atoms with Gasteiger partial charge >= 0.3 is 24.4 Å². The molecule has 0 bridgehead atoms. The molecule has 0 unspecified atom stereocenters. The average Bonchev–Trinajstić information content (AvgIpc) is 2.31. The molecule has 0 aromatic carbocycles. The zero-order valence-electron chi connectivity index (χ0n) is 14.0. The molecule has 0 aliphatic carbocycles. The van der Waals surface area contributed by atoms with Gasteiger partial charge in [0.05, 0.1) is 39.6 Å². The van der Waals surface area contributed by atoms with Crippen molar-refractivity contribution < 1.29 is 74.9 Å². The Kier molecular flexibility index (Phi) is 39.1. The van der Waals surface area contributed by atoms with E-state index < -0.39 is 15.6 Å². The van der Waals surface area contributed by atoms with Gasteiger partial charge < -0.3 is 34.5 Å². The van der Waals surface area contributed by atoms with Gasteiger partial charge in [-0.2, -0.15) is 13.2 Å². The zero-order valence-corrected chi connectivity index (χ0v) is 14.9. The summed E-state index contributed by atoms with van der Waals surface area (Å²) in [5.74, 6) is 0. The van der Waals surface area contributed by atoms with Gasteiger partial charge in [0, 0.05) is 33.1 Å². The van der Waals surface area contributed by atoms with Gasteiger partial charge in [-0.25, -0.2) is 8.42 Å². The Hall–Kier alpha value is 0.655. The summed E-state index contributed by atoms with van der Waals surface area (Å²) < 4.78 is 78.8. The van der Waals surface area contributed by atoms with Crippen LogP contribution in [0.2, 0.25) is 0 Å². The molecule has 2 N–H and O–H groups in total. The minimum absolute atomic E-state index is 0. The zero-order chi connectivity index (χ0) is 16.1. The van der Waals surface area contributed by atoms with Crippen LogP contribution >= 0.6 is 0 Å². The van der Waals surface area contributed by atoms with Crippen LogP contribution in [0.5, 0.6) is 0 Å². The van der Waals surface area contributed by atoms with Crippen molar-refractivity contribution in [2.24, 2.45) is 0 Å². The number of methoxy groups -OCH3 is 2. The van der Waals surface area contributed by atoms with Crippen LogP contribution in [0, 0.1) is 0 Å². The third kappa shape index (κ3) is 30.5. The molecule has 0 aromatic rings. The fraction of sp³-hybridized carbons (Fsp3) is 1.00. The molecule has 24 heavy (non-hydrogen) atoms. The second kappa shape index (κ2) is 23.7. The Morgan fingerprint density at radius 1 is 0.833 bits per heavy atom. The van der Waals surface area contributed by atoms with Crippen molar-refractivity contribution in [3.63, 3.8) is 0 Å². The Morgan fingerprint density at radius 3 is 1.21 bits per heavy atom. The third-order valence-corrected chi connectivity index (χ3v) is 2.09. The summed E-state index contributed by atoms with van der Waals surface area (Å²) in [5, 5.41) is 0. The minimum atomic E-state index is -6.09. The molecule has 0 aliphatic heterocycles. The van der Waals surface area contributed by atoms with Crippen molar-refractivity contribution >= 4 is 29.0 Å². The van der Waals surface area contributed by atoms with Gasteiger partial charge in [0.15, 0.2) is 10.1 Å². The first-order chi connectivity index (χ1) is 9.16. The van der Waals surface area contributed by atoms with E-state index >= 15 is 0 Å². The van der Waals surface area contributed by atoms with Crippen molar-refractivity contribution in [3.8, 4) is 0 Å². The van der Waals surface area contributed by atoms with Crippen LogP contribution in [0.1, 0.15) is 0 Å². The smallest absolute Gasteiger partial charge is 0.870 e. The van der Waals surface area contributed by atoms with Crippen LogP contribution < -0.4 is 18.9 Å². The van der Waals surface area contributed by atoms with Gasteiger partial charge in [0.25, 0.3) is 0 Å². The first-order valence-electron chi connectivity index (χ1n) is 5.32. The summed E-state index contributed by atoms with van der Waals surface area (Å²) in [6.07, 6.45) is 0. The van der Waals surface area contributed by atoms with Crippen molar-refractivity contribution in [2.75, 3.05) is 53.9 Å². The van der Waals surface area contributed by atoms with E-state index in [1.807, 2.05) is 0 Å². The summed E-state index contributed by atoms with van der Waals surface area (Å²) in [5.41, 5.74) is -5.65. The third-order valence-electron chi connectivity index (χ3n) is 1.52. The van der Waals surface area contributed by atoms with Crippen LogP contribution in [-0.2, 0) is 29.1 Å². The van der Waals surface area contributed by atoms with Crippen LogP contribution in [0.15, 0.2) is 0 Å². The quantitative estimate of drug-likeness (QED) is 0.174. The molecular weight excluding hydrogens is 355 g/mol. The standard InChI is InChI=1S/C8H18O4.CHF3O3S.2Li.2H2O/c1-9-3-5-11-7-8-12-6-4-10-2;2-1(3,4)8(5,6)7;;;;/h3-8H2,1-2H3;(H,5,6,7);;;2*1H2/q;;;+1;;/p-3. The van der Waals surface area contributed by atoms with E-state index in [-0.39, 0.29) is 48.7 Å². The number of rotatable bonds is 9. The summed E-state index contributed by atoms with van der Waals surface area (Å²) in [6.45, 7) is 3.77. The van der Waals surface area contributed by atoms with Gasteiger partial charge in [-0.15, -0.1) is 0 Å². The predicted molar refractivity (Wildman–Crippen MR) is 70.8 cm³/mol. The van der Waals surface area contributed by atoms with E-state index in [1.54, 1.807) is 14.2 Å². The summed E-state index contributed by atoms with van der Waals surface area (Å²) in [6, 6.07) is 0. The van der Waals surface area contributed by atoms with Crippen molar-refractivity contribution in [1.82, 2.24) is 0 Å². The molecule has 0 saturated carbocycles. The van der Waals surface area contributed by atoms with E-state index in [9.17, 15) is 13.2 Å². The molecule has 0 rings (SSSR count). The van der Waals surface area contributed by atoms with Crippen LogP contribution in [0.3, 0.4) is 0 Å². The number of hydrogen-bond donors (Lipinski definition) is 0.